The summed E-state index contributed by atoms with van der Waals surface area (Å²) in [6.45, 7) is 0. The lowest BCUT2D eigenvalue weighted by Gasteiger charge is -2.29. The van der Waals surface area contributed by atoms with Gasteiger partial charge in [-0.05, 0) is 41.3 Å². The standard InChI is InChI=1S/C22H22Cl3NO5/c1-28-15-6-5-13(10-16(15)29-2)19(21(27)22(23,24)25)20-14-11-18(31-4)17(30-3)9-12(14)7-8-26-20/h5-11,19,21,27H,1-4H3. The minimum Gasteiger partial charge on any atom is -0.493 e. The number of hydrogen-bond donors (Lipinski definition) is 1. The minimum absolute atomic E-state index is 0.473. The molecule has 1 aromatic heterocycles. The Morgan fingerprint density at radius 2 is 1.39 bits per heavy atom. The van der Waals surface area contributed by atoms with Crippen LogP contribution in [-0.2, 0) is 0 Å². The summed E-state index contributed by atoms with van der Waals surface area (Å²) >= 11 is 18.4. The number of aromatic nitrogens is 1. The molecule has 0 radical (unpaired) electrons. The lowest BCUT2D eigenvalue weighted by atomic mass is 9.87. The first-order chi connectivity index (χ1) is 14.7. The molecular formula is C22H22Cl3NO5. The molecule has 9 heteroatoms. The van der Waals surface area contributed by atoms with E-state index in [4.69, 9.17) is 53.8 Å². The number of pyridine rings is 1. The minimum atomic E-state index is -1.97. The van der Waals surface area contributed by atoms with Gasteiger partial charge in [-0.1, -0.05) is 40.9 Å². The monoisotopic (exact) mass is 485 g/mol. The van der Waals surface area contributed by atoms with Gasteiger partial charge in [0, 0.05) is 11.6 Å². The largest absolute Gasteiger partial charge is 0.493 e. The van der Waals surface area contributed by atoms with Crippen LogP contribution in [0.15, 0.2) is 42.6 Å². The number of rotatable bonds is 7. The van der Waals surface area contributed by atoms with E-state index < -0.39 is 15.8 Å². The van der Waals surface area contributed by atoms with Gasteiger partial charge in [0.2, 0.25) is 3.79 Å². The SMILES string of the molecule is COc1ccc(C(c2nccc3cc(OC)c(OC)cc23)C(O)C(Cl)(Cl)Cl)cc1OC. The van der Waals surface area contributed by atoms with Gasteiger partial charge in [-0.25, -0.2) is 0 Å². The Kier molecular flexibility index (Phi) is 7.27. The van der Waals surface area contributed by atoms with Crippen LogP contribution < -0.4 is 18.9 Å². The summed E-state index contributed by atoms with van der Waals surface area (Å²) in [6, 6.07) is 10.7. The molecule has 1 heterocycles. The van der Waals surface area contributed by atoms with E-state index in [9.17, 15) is 5.11 Å². The van der Waals surface area contributed by atoms with Crippen molar-refractivity contribution in [2.24, 2.45) is 0 Å². The van der Waals surface area contributed by atoms with Gasteiger partial charge in [0.25, 0.3) is 0 Å². The smallest absolute Gasteiger partial charge is 0.217 e. The molecule has 0 amide bonds. The Bertz CT molecular complexity index is 1070. The molecule has 2 aromatic carbocycles. The molecule has 0 fully saturated rings. The lowest BCUT2D eigenvalue weighted by Crippen LogP contribution is -2.33. The predicted molar refractivity (Wildman–Crippen MR) is 123 cm³/mol. The summed E-state index contributed by atoms with van der Waals surface area (Å²) in [5.74, 6) is 1.29. The zero-order valence-electron chi connectivity index (χ0n) is 17.4. The summed E-state index contributed by atoms with van der Waals surface area (Å²) in [6.07, 6.45) is 0.212. The molecule has 0 aliphatic carbocycles. The molecule has 0 saturated carbocycles. The summed E-state index contributed by atoms with van der Waals surface area (Å²) in [5.41, 5.74) is 1.13. The first-order valence-corrected chi connectivity index (χ1v) is 10.4. The number of halogens is 3. The molecule has 3 rings (SSSR count). The molecule has 31 heavy (non-hydrogen) atoms. The highest BCUT2D eigenvalue weighted by Gasteiger charge is 2.40. The van der Waals surface area contributed by atoms with Gasteiger partial charge in [0.1, 0.15) is 6.10 Å². The van der Waals surface area contributed by atoms with Crippen LogP contribution in [0, 0.1) is 0 Å². The Morgan fingerprint density at radius 3 is 1.97 bits per heavy atom. The number of aliphatic hydroxyl groups excluding tert-OH is 1. The topological polar surface area (TPSA) is 70.0 Å². The average molecular weight is 487 g/mol. The van der Waals surface area contributed by atoms with Crippen LogP contribution in [0.2, 0.25) is 0 Å². The molecule has 2 unspecified atom stereocenters. The highest BCUT2D eigenvalue weighted by Crippen LogP contribution is 2.45. The van der Waals surface area contributed by atoms with E-state index >= 15 is 0 Å². The van der Waals surface area contributed by atoms with Crippen LogP contribution in [0.5, 0.6) is 23.0 Å². The number of fused-ring (bicyclic) bond motifs is 1. The fraction of sp³-hybridized carbons (Fsp3) is 0.318. The van der Waals surface area contributed by atoms with Gasteiger partial charge < -0.3 is 24.1 Å². The number of alkyl halides is 3. The van der Waals surface area contributed by atoms with Crippen molar-refractivity contribution in [1.82, 2.24) is 4.98 Å². The van der Waals surface area contributed by atoms with Crippen molar-refractivity contribution in [2.75, 3.05) is 28.4 Å². The van der Waals surface area contributed by atoms with Crippen molar-refractivity contribution < 1.29 is 24.1 Å². The number of methoxy groups -OCH3 is 4. The zero-order valence-corrected chi connectivity index (χ0v) is 19.6. The normalized spacial score (nSPS) is 13.5. The lowest BCUT2D eigenvalue weighted by molar-refractivity contribution is 0.159. The first-order valence-electron chi connectivity index (χ1n) is 9.22. The Morgan fingerprint density at radius 1 is 0.806 bits per heavy atom. The molecule has 0 spiro atoms. The molecule has 0 saturated heterocycles. The van der Waals surface area contributed by atoms with E-state index in [1.807, 2.05) is 12.1 Å². The van der Waals surface area contributed by atoms with Gasteiger partial charge in [-0.15, -0.1) is 0 Å². The van der Waals surface area contributed by atoms with Crippen LogP contribution in [0.1, 0.15) is 17.2 Å². The average Bonchev–Trinajstić information content (AvgIpc) is 2.77. The summed E-state index contributed by atoms with van der Waals surface area (Å²) < 4.78 is 19.6. The quantitative estimate of drug-likeness (QED) is 0.467. The summed E-state index contributed by atoms with van der Waals surface area (Å²) in [5, 5.41) is 12.6. The number of benzene rings is 2. The van der Waals surface area contributed by atoms with E-state index in [0.29, 0.717) is 39.6 Å². The van der Waals surface area contributed by atoms with Crippen molar-refractivity contribution in [1.29, 1.82) is 0 Å². The van der Waals surface area contributed by atoms with Crippen molar-refractivity contribution in [2.45, 2.75) is 15.8 Å². The fourth-order valence-electron chi connectivity index (χ4n) is 3.49. The molecular weight excluding hydrogens is 465 g/mol. The maximum atomic E-state index is 11.1. The van der Waals surface area contributed by atoms with E-state index in [1.54, 1.807) is 44.7 Å². The van der Waals surface area contributed by atoms with Crippen LogP contribution in [0.25, 0.3) is 10.8 Å². The van der Waals surface area contributed by atoms with Crippen LogP contribution in [0.3, 0.4) is 0 Å². The van der Waals surface area contributed by atoms with E-state index in [2.05, 4.69) is 4.98 Å². The molecule has 166 valence electrons. The van der Waals surface area contributed by atoms with Crippen LogP contribution >= 0.6 is 34.8 Å². The number of ether oxygens (including phenoxy) is 4. The molecule has 0 aliphatic rings. The first kappa shape index (κ1) is 23.5. The van der Waals surface area contributed by atoms with Crippen LogP contribution in [-0.4, -0.2) is 48.4 Å². The zero-order chi connectivity index (χ0) is 22.8. The van der Waals surface area contributed by atoms with E-state index in [0.717, 1.165) is 5.39 Å². The van der Waals surface area contributed by atoms with Crippen molar-refractivity contribution in [3.05, 3.63) is 53.9 Å². The van der Waals surface area contributed by atoms with Crippen molar-refractivity contribution in [3.63, 3.8) is 0 Å². The second kappa shape index (κ2) is 9.57. The highest BCUT2D eigenvalue weighted by atomic mass is 35.6. The Balaban J connectivity index is 2.29. The summed E-state index contributed by atoms with van der Waals surface area (Å²) in [7, 11) is 6.17. The molecule has 1 N–H and O–H groups in total. The fourth-order valence-corrected chi connectivity index (χ4v) is 3.87. The van der Waals surface area contributed by atoms with Crippen molar-refractivity contribution >= 4 is 45.6 Å². The van der Waals surface area contributed by atoms with Crippen molar-refractivity contribution in [3.8, 4) is 23.0 Å². The summed E-state index contributed by atoms with van der Waals surface area (Å²) in [4.78, 5) is 4.54. The number of hydrogen-bond acceptors (Lipinski definition) is 6. The van der Waals surface area contributed by atoms with E-state index in [1.165, 1.54) is 14.2 Å². The molecule has 2 atom stereocenters. The van der Waals surface area contributed by atoms with Gasteiger partial charge in [0.05, 0.1) is 40.1 Å². The third-order valence-electron chi connectivity index (χ3n) is 5.01. The van der Waals surface area contributed by atoms with Gasteiger partial charge in [-0.3, -0.25) is 4.98 Å². The number of aliphatic hydroxyl groups is 1. The second-order valence-corrected chi connectivity index (χ2v) is 9.07. The number of nitrogens with zero attached hydrogens (tertiary/aromatic N) is 1. The molecule has 6 nitrogen and oxygen atoms in total. The maximum Gasteiger partial charge on any atom is 0.217 e. The maximum absolute atomic E-state index is 11.1. The van der Waals surface area contributed by atoms with Gasteiger partial charge in [-0.2, -0.15) is 0 Å². The predicted octanol–water partition coefficient (Wildman–Crippen LogP) is 5.13. The van der Waals surface area contributed by atoms with Gasteiger partial charge >= 0.3 is 0 Å². The Labute approximate surface area is 195 Å². The third kappa shape index (κ3) is 4.72. The third-order valence-corrected chi connectivity index (χ3v) is 5.68. The molecule has 0 bridgehead atoms. The molecule has 0 aliphatic heterocycles. The van der Waals surface area contributed by atoms with Gasteiger partial charge in [0.15, 0.2) is 23.0 Å². The second-order valence-electron chi connectivity index (χ2n) is 6.70. The Hall–Kier alpha value is -2.12. The van der Waals surface area contributed by atoms with Crippen LogP contribution in [0.4, 0.5) is 0 Å². The molecule has 3 aromatic rings. The van der Waals surface area contributed by atoms with E-state index in [-0.39, 0.29) is 0 Å². The highest BCUT2D eigenvalue weighted by molar-refractivity contribution is 6.68.